The fourth-order valence-electron chi connectivity index (χ4n) is 6.90. The lowest BCUT2D eigenvalue weighted by Crippen LogP contribution is -1.93. The summed E-state index contributed by atoms with van der Waals surface area (Å²) in [7, 11) is 0. The number of nitrogens with zero attached hydrogens (tertiary/aromatic N) is 2. The first-order valence-corrected chi connectivity index (χ1v) is 16.7. The molecule has 0 saturated carbocycles. The van der Waals surface area contributed by atoms with Gasteiger partial charge in [-0.3, -0.25) is 0 Å². The molecule has 2 heterocycles. The van der Waals surface area contributed by atoms with Crippen LogP contribution >= 0.6 is 0 Å². The SMILES string of the molecule is CC.N#Cc1ccc2oc3ccc(-c4cccc5c4oc4c(-c6cc(-c7ccccc7)c(C#N)c(-c7ccccc7)c6)cccc45)cc3c2c1. The first kappa shape index (κ1) is 30.5. The zero-order valence-electron chi connectivity index (χ0n) is 27.6. The molecule has 0 aliphatic carbocycles. The van der Waals surface area contributed by atoms with Crippen LogP contribution in [0.3, 0.4) is 0 Å². The summed E-state index contributed by atoms with van der Waals surface area (Å²) in [5, 5.41) is 23.8. The van der Waals surface area contributed by atoms with Crippen LogP contribution < -0.4 is 0 Å². The molecule has 236 valence electrons. The lowest BCUT2D eigenvalue weighted by atomic mass is 9.88. The van der Waals surface area contributed by atoms with Crippen molar-refractivity contribution in [3.63, 3.8) is 0 Å². The number of benzene rings is 7. The molecule has 0 amide bonds. The van der Waals surface area contributed by atoms with Gasteiger partial charge < -0.3 is 8.83 Å². The Bertz CT molecular complexity index is 2730. The van der Waals surface area contributed by atoms with Crippen molar-refractivity contribution in [2.24, 2.45) is 0 Å². The molecule has 0 unspecified atom stereocenters. The van der Waals surface area contributed by atoms with Crippen molar-refractivity contribution >= 4 is 43.9 Å². The van der Waals surface area contributed by atoms with Crippen molar-refractivity contribution in [1.82, 2.24) is 0 Å². The van der Waals surface area contributed by atoms with Crippen LogP contribution in [0.5, 0.6) is 0 Å². The van der Waals surface area contributed by atoms with Crippen molar-refractivity contribution in [2.75, 3.05) is 0 Å². The van der Waals surface area contributed by atoms with Gasteiger partial charge in [0.15, 0.2) is 0 Å². The second-order valence-corrected chi connectivity index (χ2v) is 11.9. The zero-order valence-corrected chi connectivity index (χ0v) is 27.6. The van der Waals surface area contributed by atoms with E-state index in [0.29, 0.717) is 11.1 Å². The first-order chi connectivity index (χ1) is 24.7. The van der Waals surface area contributed by atoms with E-state index in [-0.39, 0.29) is 0 Å². The van der Waals surface area contributed by atoms with E-state index in [1.807, 2.05) is 92.7 Å². The molecule has 2 aromatic heterocycles. The minimum Gasteiger partial charge on any atom is -0.456 e. The van der Waals surface area contributed by atoms with E-state index in [1.165, 1.54) is 0 Å². The number of rotatable bonds is 4. The largest absolute Gasteiger partial charge is 0.456 e. The smallest absolute Gasteiger partial charge is 0.143 e. The summed E-state index contributed by atoms with van der Waals surface area (Å²) in [4.78, 5) is 0. The molecule has 0 atom stereocenters. The number of para-hydroxylation sites is 2. The molecular formula is C46H30N2O2. The molecule has 4 heteroatoms. The van der Waals surface area contributed by atoms with E-state index in [2.05, 4.69) is 72.8 Å². The molecule has 0 aliphatic heterocycles. The second kappa shape index (κ2) is 12.6. The van der Waals surface area contributed by atoms with Crippen LogP contribution in [0.2, 0.25) is 0 Å². The van der Waals surface area contributed by atoms with Gasteiger partial charge in [0.2, 0.25) is 0 Å². The van der Waals surface area contributed by atoms with Crippen molar-refractivity contribution in [3.05, 3.63) is 157 Å². The van der Waals surface area contributed by atoms with E-state index in [1.54, 1.807) is 6.07 Å². The molecule has 4 nitrogen and oxygen atoms in total. The average molecular weight is 643 g/mol. The topological polar surface area (TPSA) is 73.9 Å². The van der Waals surface area contributed by atoms with Gasteiger partial charge in [0, 0.05) is 43.8 Å². The van der Waals surface area contributed by atoms with E-state index < -0.39 is 0 Å². The predicted octanol–water partition coefficient (Wildman–Crippen LogP) is 12.9. The van der Waals surface area contributed by atoms with Gasteiger partial charge in [-0.2, -0.15) is 10.5 Å². The minimum atomic E-state index is 0.594. The maximum absolute atomic E-state index is 10.4. The minimum absolute atomic E-state index is 0.594. The number of hydrogen-bond acceptors (Lipinski definition) is 4. The molecule has 0 N–H and O–H groups in total. The molecule has 0 fully saturated rings. The molecule has 9 rings (SSSR count). The van der Waals surface area contributed by atoms with E-state index in [0.717, 1.165) is 88.4 Å². The highest BCUT2D eigenvalue weighted by Gasteiger charge is 2.20. The monoisotopic (exact) mass is 642 g/mol. The van der Waals surface area contributed by atoms with Crippen LogP contribution in [-0.4, -0.2) is 0 Å². The van der Waals surface area contributed by atoms with Crippen molar-refractivity contribution < 1.29 is 8.83 Å². The van der Waals surface area contributed by atoms with Crippen LogP contribution in [0.25, 0.3) is 88.4 Å². The number of fused-ring (bicyclic) bond motifs is 6. The van der Waals surface area contributed by atoms with Gasteiger partial charge >= 0.3 is 0 Å². The van der Waals surface area contributed by atoms with Crippen LogP contribution in [0.4, 0.5) is 0 Å². The van der Waals surface area contributed by atoms with Gasteiger partial charge in [-0.15, -0.1) is 0 Å². The highest BCUT2D eigenvalue weighted by atomic mass is 16.3. The highest BCUT2D eigenvalue weighted by molar-refractivity contribution is 6.14. The average Bonchev–Trinajstić information content (AvgIpc) is 3.76. The van der Waals surface area contributed by atoms with E-state index in [4.69, 9.17) is 8.83 Å². The summed E-state index contributed by atoms with van der Waals surface area (Å²) in [5.74, 6) is 0. The Morgan fingerprint density at radius 3 is 1.50 bits per heavy atom. The summed E-state index contributed by atoms with van der Waals surface area (Å²) >= 11 is 0. The van der Waals surface area contributed by atoms with Gasteiger partial charge in [0.25, 0.3) is 0 Å². The third-order valence-corrected chi connectivity index (χ3v) is 9.16. The summed E-state index contributed by atoms with van der Waals surface area (Å²) in [6.45, 7) is 4.00. The summed E-state index contributed by atoms with van der Waals surface area (Å²) in [6.07, 6.45) is 0. The summed E-state index contributed by atoms with van der Waals surface area (Å²) in [6, 6.07) is 53.3. The summed E-state index contributed by atoms with van der Waals surface area (Å²) in [5.41, 5.74) is 11.9. The number of nitriles is 2. The van der Waals surface area contributed by atoms with Gasteiger partial charge in [0.1, 0.15) is 28.4 Å². The van der Waals surface area contributed by atoms with Crippen molar-refractivity contribution in [3.8, 4) is 56.6 Å². The Morgan fingerprint density at radius 2 is 0.940 bits per heavy atom. The Labute approximate surface area is 289 Å². The molecule has 0 aliphatic rings. The molecule has 9 aromatic rings. The molecule has 0 radical (unpaired) electrons. The Kier molecular flexibility index (Phi) is 7.69. The molecule has 7 aromatic carbocycles. The van der Waals surface area contributed by atoms with Gasteiger partial charge in [-0.05, 0) is 64.7 Å². The lowest BCUT2D eigenvalue weighted by Gasteiger charge is -2.14. The maximum Gasteiger partial charge on any atom is 0.143 e. The first-order valence-electron chi connectivity index (χ1n) is 16.7. The highest BCUT2D eigenvalue weighted by Crippen LogP contribution is 2.43. The number of hydrogen-bond donors (Lipinski definition) is 0. The fraction of sp³-hybridized carbons (Fsp3) is 0.0435. The molecule has 0 bridgehead atoms. The van der Waals surface area contributed by atoms with Crippen molar-refractivity contribution in [1.29, 1.82) is 10.5 Å². The maximum atomic E-state index is 10.4. The Morgan fingerprint density at radius 1 is 0.400 bits per heavy atom. The van der Waals surface area contributed by atoms with E-state index in [9.17, 15) is 10.5 Å². The quantitative estimate of drug-likeness (QED) is 0.191. The number of furan rings is 2. The fourth-order valence-corrected chi connectivity index (χ4v) is 6.90. The lowest BCUT2D eigenvalue weighted by molar-refractivity contribution is 0.668. The van der Waals surface area contributed by atoms with Crippen LogP contribution in [0.1, 0.15) is 25.0 Å². The molecule has 50 heavy (non-hydrogen) atoms. The van der Waals surface area contributed by atoms with Gasteiger partial charge in [-0.1, -0.05) is 117 Å². The van der Waals surface area contributed by atoms with E-state index >= 15 is 0 Å². The van der Waals surface area contributed by atoms with Crippen LogP contribution in [-0.2, 0) is 0 Å². The van der Waals surface area contributed by atoms with Gasteiger partial charge in [0.05, 0.1) is 17.2 Å². The Hall–Kier alpha value is -6.88. The molecule has 0 saturated heterocycles. The normalized spacial score (nSPS) is 11.0. The predicted molar refractivity (Wildman–Crippen MR) is 204 cm³/mol. The third-order valence-electron chi connectivity index (χ3n) is 9.16. The standard InChI is InChI=1S/C44H24N2O2.C2H6/c45-25-27-17-19-41-38(21-27)39-22-30(18-20-42(39)47-41)32-13-7-15-34-35-16-8-14-33(44(35)48-43(32)34)31-23-36(28-9-3-1-4-10-28)40(26-46)37(24-31)29-11-5-2-6-12-29;1-2/h1-24H;1-2H3. The van der Waals surface area contributed by atoms with Crippen LogP contribution in [0.15, 0.2) is 154 Å². The second-order valence-electron chi connectivity index (χ2n) is 11.9. The summed E-state index contributed by atoms with van der Waals surface area (Å²) < 4.78 is 12.9. The van der Waals surface area contributed by atoms with Crippen LogP contribution in [0, 0.1) is 22.7 Å². The zero-order chi connectivity index (χ0) is 34.2. The molecule has 0 spiro atoms. The third kappa shape index (κ3) is 4.99. The molecular weight excluding hydrogens is 613 g/mol. The van der Waals surface area contributed by atoms with Crippen molar-refractivity contribution in [2.45, 2.75) is 13.8 Å². The Balaban J connectivity index is 0.00000177. The van der Waals surface area contributed by atoms with Gasteiger partial charge in [-0.25, -0.2) is 0 Å².